The SMILES string of the molecule is NS(=O)(=O)c1ccc(Nc2ncc3ccc(Oc4ccnc(F)c4)cc3n2)cc1. The molecule has 0 saturated carbocycles. The highest BCUT2D eigenvalue weighted by molar-refractivity contribution is 7.89. The Morgan fingerprint density at radius 1 is 0.966 bits per heavy atom. The Hall–Kier alpha value is -3.63. The van der Waals surface area contributed by atoms with E-state index in [4.69, 9.17) is 9.88 Å². The van der Waals surface area contributed by atoms with Crippen molar-refractivity contribution in [2.45, 2.75) is 4.90 Å². The number of primary sulfonamides is 1. The van der Waals surface area contributed by atoms with Crippen molar-refractivity contribution < 1.29 is 17.5 Å². The van der Waals surface area contributed by atoms with E-state index >= 15 is 0 Å². The summed E-state index contributed by atoms with van der Waals surface area (Å²) in [6.07, 6.45) is 2.95. The second kappa shape index (κ2) is 7.41. The largest absolute Gasteiger partial charge is 0.457 e. The number of hydrogen-bond donors (Lipinski definition) is 2. The van der Waals surface area contributed by atoms with E-state index in [0.29, 0.717) is 28.7 Å². The summed E-state index contributed by atoms with van der Waals surface area (Å²) in [6.45, 7) is 0. The van der Waals surface area contributed by atoms with Crippen molar-refractivity contribution in [2.75, 3.05) is 5.32 Å². The van der Waals surface area contributed by atoms with Crippen LogP contribution >= 0.6 is 0 Å². The highest BCUT2D eigenvalue weighted by atomic mass is 32.2. The Kier molecular flexibility index (Phi) is 4.79. The van der Waals surface area contributed by atoms with Crippen molar-refractivity contribution in [1.29, 1.82) is 0 Å². The molecule has 0 unspecified atom stereocenters. The maximum Gasteiger partial charge on any atom is 0.238 e. The van der Waals surface area contributed by atoms with Crippen LogP contribution in [0, 0.1) is 5.95 Å². The maximum absolute atomic E-state index is 13.2. The summed E-state index contributed by atoms with van der Waals surface area (Å²) in [5, 5.41) is 8.87. The fraction of sp³-hybridized carbons (Fsp3) is 0. The van der Waals surface area contributed by atoms with Gasteiger partial charge in [-0.3, -0.25) is 0 Å². The summed E-state index contributed by atoms with van der Waals surface area (Å²) in [7, 11) is -3.75. The lowest BCUT2D eigenvalue weighted by Gasteiger charge is -2.08. The Morgan fingerprint density at radius 3 is 2.45 bits per heavy atom. The molecule has 2 aromatic carbocycles. The molecule has 0 aliphatic heterocycles. The molecule has 0 aliphatic carbocycles. The number of anilines is 2. The molecule has 4 aromatic rings. The van der Waals surface area contributed by atoms with Gasteiger partial charge in [0.2, 0.25) is 21.9 Å². The summed E-state index contributed by atoms with van der Waals surface area (Å²) in [4.78, 5) is 12.2. The van der Waals surface area contributed by atoms with E-state index in [9.17, 15) is 12.8 Å². The number of nitrogens with zero attached hydrogens (tertiary/aromatic N) is 3. The summed E-state index contributed by atoms with van der Waals surface area (Å²) < 4.78 is 41.5. The number of pyridine rings is 1. The van der Waals surface area contributed by atoms with Crippen LogP contribution in [0.25, 0.3) is 10.9 Å². The predicted molar refractivity (Wildman–Crippen MR) is 105 cm³/mol. The molecule has 8 nitrogen and oxygen atoms in total. The lowest BCUT2D eigenvalue weighted by Crippen LogP contribution is -2.11. The fourth-order valence-electron chi connectivity index (χ4n) is 2.57. The lowest BCUT2D eigenvalue weighted by molar-refractivity contribution is 0.472. The first kappa shape index (κ1) is 18.7. The number of aromatic nitrogens is 3. The molecule has 3 N–H and O–H groups in total. The first-order chi connectivity index (χ1) is 13.9. The zero-order chi connectivity index (χ0) is 20.4. The molecule has 10 heteroatoms. The summed E-state index contributed by atoms with van der Waals surface area (Å²) >= 11 is 0. The van der Waals surface area contributed by atoms with Gasteiger partial charge in [0.05, 0.1) is 10.4 Å². The van der Waals surface area contributed by atoms with E-state index in [2.05, 4.69) is 20.3 Å². The van der Waals surface area contributed by atoms with Gasteiger partial charge in [-0.05, 0) is 42.5 Å². The molecular formula is C19H14FN5O3S. The van der Waals surface area contributed by atoms with E-state index in [1.165, 1.54) is 24.4 Å². The van der Waals surface area contributed by atoms with Crippen molar-refractivity contribution >= 4 is 32.6 Å². The number of sulfonamides is 1. The van der Waals surface area contributed by atoms with Crippen LogP contribution in [-0.4, -0.2) is 23.4 Å². The monoisotopic (exact) mass is 411 g/mol. The Bertz CT molecular complexity index is 1300. The highest BCUT2D eigenvalue weighted by Gasteiger charge is 2.08. The van der Waals surface area contributed by atoms with Crippen molar-refractivity contribution in [2.24, 2.45) is 5.14 Å². The average molecular weight is 411 g/mol. The molecule has 4 rings (SSSR count). The van der Waals surface area contributed by atoms with Crippen LogP contribution in [0.5, 0.6) is 11.5 Å². The van der Waals surface area contributed by atoms with Gasteiger partial charge >= 0.3 is 0 Å². The Balaban J connectivity index is 1.58. The summed E-state index contributed by atoms with van der Waals surface area (Å²) in [5.41, 5.74) is 1.20. The van der Waals surface area contributed by atoms with E-state index in [0.717, 1.165) is 5.39 Å². The smallest absolute Gasteiger partial charge is 0.238 e. The standard InChI is InChI=1S/C19H14FN5O3S/c20-18-10-15(7-8-22-18)28-14-4-1-12-11-23-19(25-17(12)9-14)24-13-2-5-16(6-3-13)29(21,26)27/h1-11H,(H2,21,26,27)(H,23,24,25). The van der Waals surface area contributed by atoms with Crippen LogP contribution in [0.1, 0.15) is 0 Å². The normalized spacial score (nSPS) is 11.4. The van der Waals surface area contributed by atoms with Gasteiger partial charge in [0.25, 0.3) is 0 Å². The molecule has 2 aromatic heterocycles. The summed E-state index contributed by atoms with van der Waals surface area (Å²) in [6, 6.07) is 13.8. The molecule has 0 amide bonds. The Labute approximate surface area is 165 Å². The molecule has 0 fully saturated rings. The number of benzene rings is 2. The third kappa shape index (κ3) is 4.45. The molecule has 29 heavy (non-hydrogen) atoms. The van der Waals surface area contributed by atoms with Crippen molar-refractivity contribution in [1.82, 2.24) is 15.0 Å². The van der Waals surface area contributed by atoms with Crippen molar-refractivity contribution in [3.05, 3.63) is 72.9 Å². The average Bonchev–Trinajstić information content (AvgIpc) is 2.67. The van der Waals surface area contributed by atoms with Gasteiger partial charge < -0.3 is 10.1 Å². The predicted octanol–water partition coefficient (Wildman–Crippen LogP) is 3.35. The van der Waals surface area contributed by atoms with Gasteiger partial charge in [-0.15, -0.1) is 0 Å². The minimum absolute atomic E-state index is 0.0109. The number of rotatable bonds is 5. The van der Waals surface area contributed by atoms with Gasteiger partial charge in [-0.1, -0.05) is 0 Å². The Morgan fingerprint density at radius 2 is 1.72 bits per heavy atom. The van der Waals surface area contributed by atoms with E-state index < -0.39 is 16.0 Å². The summed E-state index contributed by atoms with van der Waals surface area (Å²) in [5.74, 6) is 0.475. The van der Waals surface area contributed by atoms with Crippen LogP contribution in [0.2, 0.25) is 0 Å². The van der Waals surface area contributed by atoms with Crippen molar-refractivity contribution in [3.63, 3.8) is 0 Å². The maximum atomic E-state index is 13.2. The van der Waals surface area contributed by atoms with Crippen LogP contribution in [0.4, 0.5) is 16.0 Å². The third-order valence-electron chi connectivity index (χ3n) is 3.93. The first-order valence-electron chi connectivity index (χ1n) is 8.33. The molecule has 0 spiro atoms. The van der Waals surface area contributed by atoms with Crippen LogP contribution in [-0.2, 0) is 10.0 Å². The fourth-order valence-corrected chi connectivity index (χ4v) is 3.08. The van der Waals surface area contributed by atoms with E-state index in [1.54, 1.807) is 42.6 Å². The molecule has 0 bridgehead atoms. The number of hydrogen-bond acceptors (Lipinski definition) is 7. The molecular weight excluding hydrogens is 397 g/mol. The number of fused-ring (bicyclic) bond motifs is 1. The third-order valence-corrected chi connectivity index (χ3v) is 4.86. The highest BCUT2D eigenvalue weighted by Crippen LogP contribution is 2.25. The zero-order valence-corrected chi connectivity index (χ0v) is 15.6. The number of halogens is 1. The molecule has 0 saturated heterocycles. The minimum Gasteiger partial charge on any atom is -0.457 e. The quantitative estimate of drug-likeness (QED) is 0.483. The van der Waals surface area contributed by atoms with Gasteiger partial charge in [-0.25, -0.2) is 28.5 Å². The second-order valence-corrected chi connectivity index (χ2v) is 7.59. The number of nitrogens with two attached hydrogens (primary N) is 1. The van der Waals surface area contributed by atoms with Crippen LogP contribution in [0.15, 0.2) is 71.9 Å². The van der Waals surface area contributed by atoms with Gasteiger partial charge in [-0.2, -0.15) is 4.39 Å². The van der Waals surface area contributed by atoms with Gasteiger partial charge in [0, 0.05) is 35.6 Å². The van der Waals surface area contributed by atoms with Crippen LogP contribution < -0.4 is 15.2 Å². The molecule has 0 atom stereocenters. The van der Waals surface area contributed by atoms with Gasteiger partial charge in [0.1, 0.15) is 11.5 Å². The first-order valence-corrected chi connectivity index (χ1v) is 9.87. The van der Waals surface area contributed by atoms with E-state index in [-0.39, 0.29) is 4.90 Å². The minimum atomic E-state index is -3.75. The zero-order valence-electron chi connectivity index (χ0n) is 14.8. The number of nitrogens with one attached hydrogen (secondary N) is 1. The molecule has 146 valence electrons. The lowest BCUT2D eigenvalue weighted by atomic mass is 10.2. The number of ether oxygens (including phenoxy) is 1. The molecule has 0 aliphatic rings. The van der Waals surface area contributed by atoms with Crippen molar-refractivity contribution in [3.8, 4) is 11.5 Å². The molecule has 0 radical (unpaired) electrons. The van der Waals surface area contributed by atoms with Gasteiger partial charge in [0.15, 0.2) is 0 Å². The van der Waals surface area contributed by atoms with E-state index in [1.807, 2.05) is 0 Å². The van der Waals surface area contributed by atoms with Crippen LogP contribution in [0.3, 0.4) is 0 Å². The second-order valence-electron chi connectivity index (χ2n) is 6.02. The molecule has 2 heterocycles. The topological polar surface area (TPSA) is 120 Å².